The molecule has 0 fully saturated rings. The molecule has 0 radical (unpaired) electrons. The first-order valence-corrected chi connectivity index (χ1v) is 5.09. The average molecular weight is 235 g/mol. The maximum absolute atomic E-state index is 11.8. The smallest absolute Gasteiger partial charge is 0.333 e. The fourth-order valence-electron chi connectivity index (χ4n) is 1.68. The van der Waals surface area contributed by atoms with Crippen LogP contribution in [0.15, 0.2) is 22.2 Å². The van der Waals surface area contributed by atoms with Gasteiger partial charge in [-0.2, -0.15) is 0 Å². The van der Waals surface area contributed by atoms with Crippen molar-refractivity contribution in [1.82, 2.24) is 19.1 Å². The minimum absolute atomic E-state index is 0.0260. The molecule has 2 rings (SSSR count). The van der Waals surface area contributed by atoms with Gasteiger partial charge in [0.2, 0.25) is 0 Å². The van der Waals surface area contributed by atoms with Gasteiger partial charge in [0.15, 0.2) is 5.65 Å². The predicted octanol–water partition coefficient (Wildman–Crippen LogP) is -0.932. The molecule has 0 saturated heterocycles. The molecule has 2 aromatic heterocycles. The Bertz CT molecular complexity index is 691. The molecule has 2 aromatic rings. The Morgan fingerprint density at radius 3 is 2.82 bits per heavy atom. The first-order valence-electron chi connectivity index (χ1n) is 5.09. The quantitative estimate of drug-likeness (QED) is 0.671. The highest BCUT2D eigenvalue weighted by Gasteiger charge is 2.13. The highest BCUT2D eigenvalue weighted by atomic mass is 16.2. The SMILES string of the molecule is C=CCc1nc2c([nH]1)c(=O)n(C)c(=O)n2CN. The van der Waals surface area contributed by atoms with Crippen LogP contribution in [0.3, 0.4) is 0 Å². The van der Waals surface area contributed by atoms with E-state index in [1.165, 1.54) is 11.6 Å². The Morgan fingerprint density at radius 1 is 1.53 bits per heavy atom. The molecule has 2 heterocycles. The lowest BCUT2D eigenvalue weighted by Crippen LogP contribution is -2.39. The van der Waals surface area contributed by atoms with E-state index in [4.69, 9.17) is 5.73 Å². The highest BCUT2D eigenvalue weighted by molar-refractivity contribution is 5.69. The van der Waals surface area contributed by atoms with Gasteiger partial charge in [-0.05, 0) is 0 Å². The highest BCUT2D eigenvalue weighted by Crippen LogP contribution is 2.05. The van der Waals surface area contributed by atoms with Gasteiger partial charge in [0.05, 0.1) is 6.67 Å². The van der Waals surface area contributed by atoms with E-state index >= 15 is 0 Å². The second kappa shape index (κ2) is 4.02. The Kier molecular flexibility index (Phi) is 2.68. The van der Waals surface area contributed by atoms with Gasteiger partial charge in [-0.3, -0.25) is 13.9 Å². The fraction of sp³-hybridized carbons (Fsp3) is 0.300. The van der Waals surface area contributed by atoms with Crippen molar-refractivity contribution in [3.05, 3.63) is 39.3 Å². The number of imidazole rings is 1. The summed E-state index contributed by atoms with van der Waals surface area (Å²) < 4.78 is 2.25. The molecule has 0 bridgehead atoms. The summed E-state index contributed by atoms with van der Waals surface area (Å²) in [5.41, 5.74) is 5.19. The predicted molar refractivity (Wildman–Crippen MR) is 63.7 cm³/mol. The monoisotopic (exact) mass is 235 g/mol. The minimum Gasteiger partial charge on any atom is -0.336 e. The second-order valence-electron chi connectivity index (χ2n) is 3.63. The van der Waals surface area contributed by atoms with Gasteiger partial charge >= 0.3 is 5.69 Å². The van der Waals surface area contributed by atoms with Gasteiger partial charge < -0.3 is 10.7 Å². The van der Waals surface area contributed by atoms with Gasteiger partial charge in [-0.25, -0.2) is 9.78 Å². The van der Waals surface area contributed by atoms with Crippen molar-refractivity contribution in [3.8, 4) is 0 Å². The molecular weight excluding hydrogens is 222 g/mol. The van der Waals surface area contributed by atoms with E-state index in [-0.39, 0.29) is 17.8 Å². The van der Waals surface area contributed by atoms with E-state index in [1.807, 2.05) is 0 Å². The third-order valence-corrected chi connectivity index (χ3v) is 2.55. The van der Waals surface area contributed by atoms with Crippen LogP contribution in [0.5, 0.6) is 0 Å². The number of nitrogens with zero attached hydrogens (tertiary/aromatic N) is 3. The van der Waals surface area contributed by atoms with Crippen LogP contribution in [-0.4, -0.2) is 19.1 Å². The maximum Gasteiger partial charge on any atom is 0.333 e. The number of rotatable bonds is 3. The Labute approximate surface area is 96.2 Å². The van der Waals surface area contributed by atoms with Gasteiger partial charge in [0, 0.05) is 13.5 Å². The second-order valence-corrected chi connectivity index (χ2v) is 3.63. The number of allylic oxidation sites excluding steroid dienone is 1. The van der Waals surface area contributed by atoms with E-state index in [9.17, 15) is 9.59 Å². The van der Waals surface area contributed by atoms with Crippen LogP contribution in [0.2, 0.25) is 0 Å². The molecule has 3 N–H and O–H groups in total. The Hall–Kier alpha value is -2.15. The minimum atomic E-state index is -0.471. The van der Waals surface area contributed by atoms with Crippen LogP contribution in [0.1, 0.15) is 5.82 Å². The fourth-order valence-corrected chi connectivity index (χ4v) is 1.68. The Morgan fingerprint density at radius 2 is 2.24 bits per heavy atom. The number of fused-ring (bicyclic) bond motifs is 1. The topological polar surface area (TPSA) is 98.7 Å². The molecule has 0 unspecified atom stereocenters. The van der Waals surface area contributed by atoms with Crippen LogP contribution < -0.4 is 17.0 Å². The molecule has 0 aliphatic carbocycles. The first kappa shape index (κ1) is 11.3. The molecule has 0 aliphatic rings. The van der Waals surface area contributed by atoms with Crippen molar-refractivity contribution in [2.75, 3.05) is 0 Å². The standard InChI is InChI=1S/C10H13N5O2/c1-3-4-6-12-7-8(13-6)15(5-11)10(17)14(2)9(7)16/h3H,1,4-5,11H2,2H3,(H,12,13). The average Bonchev–Trinajstić information content (AvgIpc) is 2.71. The summed E-state index contributed by atoms with van der Waals surface area (Å²) in [7, 11) is 1.41. The summed E-state index contributed by atoms with van der Waals surface area (Å²) in [6.45, 7) is 3.56. The molecule has 7 nitrogen and oxygen atoms in total. The van der Waals surface area contributed by atoms with Crippen LogP contribution in [0.25, 0.3) is 11.2 Å². The molecular formula is C10H13N5O2. The first-order chi connectivity index (χ1) is 8.10. The molecule has 0 amide bonds. The van der Waals surface area contributed by atoms with Gasteiger partial charge in [-0.15, -0.1) is 6.58 Å². The molecule has 0 atom stereocenters. The Balaban J connectivity index is 2.91. The zero-order valence-corrected chi connectivity index (χ0v) is 9.43. The molecule has 0 aromatic carbocycles. The zero-order valence-electron chi connectivity index (χ0n) is 9.43. The number of hydrogen-bond acceptors (Lipinski definition) is 4. The van der Waals surface area contributed by atoms with E-state index < -0.39 is 11.2 Å². The lowest BCUT2D eigenvalue weighted by atomic mass is 10.4. The van der Waals surface area contributed by atoms with Crippen molar-refractivity contribution >= 4 is 11.2 Å². The van der Waals surface area contributed by atoms with E-state index in [0.29, 0.717) is 12.2 Å². The molecule has 0 aliphatic heterocycles. The summed E-state index contributed by atoms with van der Waals surface area (Å²) in [6, 6.07) is 0. The lowest BCUT2D eigenvalue weighted by Gasteiger charge is -2.04. The molecule has 0 saturated carbocycles. The largest absolute Gasteiger partial charge is 0.336 e. The number of aromatic nitrogens is 4. The number of aromatic amines is 1. The third kappa shape index (κ3) is 1.60. The van der Waals surface area contributed by atoms with Crippen molar-refractivity contribution in [2.24, 2.45) is 12.8 Å². The third-order valence-electron chi connectivity index (χ3n) is 2.55. The van der Waals surface area contributed by atoms with Crippen LogP contribution in [0, 0.1) is 0 Å². The van der Waals surface area contributed by atoms with Crippen LogP contribution in [0.4, 0.5) is 0 Å². The number of nitrogens with one attached hydrogen (secondary N) is 1. The summed E-state index contributed by atoms with van der Waals surface area (Å²) in [6.07, 6.45) is 2.16. The number of H-pyrrole nitrogens is 1. The van der Waals surface area contributed by atoms with E-state index in [2.05, 4.69) is 16.5 Å². The van der Waals surface area contributed by atoms with Crippen LogP contribution in [-0.2, 0) is 20.1 Å². The van der Waals surface area contributed by atoms with Crippen molar-refractivity contribution < 1.29 is 0 Å². The zero-order chi connectivity index (χ0) is 12.6. The van der Waals surface area contributed by atoms with Gasteiger partial charge in [-0.1, -0.05) is 6.08 Å². The van der Waals surface area contributed by atoms with Crippen molar-refractivity contribution in [1.29, 1.82) is 0 Å². The van der Waals surface area contributed by atoms with E-state index in [0.717, 1.165) is 4.57 Å². The summed E-state index contributed by atoms with van der Waals surface area (Å²) in [4.78, 5) is 30.7. The number of hydrogen-bond donors (Lipinski definition) is 2. The van der Waals surface area contributed by atoms with E-state index in [1.54, 1.807) is 6.08 Å². The number of nitrogens with two attached hydrogens (primary N) is 1. The molecule has 17 heavy (non-hydrogen) atoms. The summed E-state index contributed by atoms with van der Waals surface area (Å²) in [5.74, 6) is 0.583. The van der Waals surface area contributed by atoms with Crippen LogP contribution >= 0.6 is 0 Å². The molecule has 0 spiro atoms. The lowest BCUT2D eigenvalue weighted by molar-refractivity contribution is 0.637. The normalized spacial score (nSPS) is 10.9. The maximum atomic E-state index is 11.8. The summed E-state index contributed by atoms with van der Waals surface area (Å²) >= 11 is 0. The molecule has 90 valence electrons. The summed E-state index contributed by atoms with van der Waals surface area (Å²) in [5, 5.41) is 0. The van der Waals surface area contributed by atoms with Crippen molar-refractivity contribution in [2.45, 2.75) is 13.1 Å². The van der Waals surface area contributed by atoms with Gasteiger partial charge in [0.25, 0.3) is 5.56 Å². The molecule has 7 heteroatoms. The van der Waals surface area contributed by atoms with Gasteiger partial charge in [0.1, 0.15) is 11.3 Å². The van der Waals surface area contributed by atoms with Crippen molar-refractivity contribution in [3.63, 3.8) is 0 Å².